The summed E-state index contributed by atoms with van der Waals surface area (Å²) in [7, 11) is 3.08. The average molecular weight is 288 g/mol. The van der Waals surface area contributed by atoms with Crippen molar-refractivity contribution in [2.24, 2.45) is 0 Å². The minimum absolute atomic E-state index is 0.0347. The van der Waals surface area contributed by atoms with E-state index in [2.05, 4.69) is 10.6 Å². The molecule has 0 aromatic heterocycles. The summed E-state index contributed by atoms with van der Waals surface area (Å²) in [5.41, 5.74) is 1.70. The third-order valence-corrected chi connectivity index (χ3v) is 3.10. The van der Waals surface area contributed by atoms with Gasteiger partial charge in [0, 0.05) is 19.3 Å². The molecule has 0 spiro atoms. The van der Waals surface area contributed by atoms with Gasteiger partial charge in [-0.25, -0.2) is 4.39 Å². The molecule has 110 valence electrons. The van der Waals surface area contributed by atoms with E-state index in [1.807, 2.05) is 24.3 Å². The highest BCUT2D eigenvalue weighted by Gasteiger charge is 2.10. The Morgan fingerprint density at radius 3 is 2.48 bits per heavy atom. The molecular formula is C16H17FN2O2. The fourth-order valence-electron chi connectivity index (χ4n) is 1.89. The van der Waals surface area contributed by atoms with Crippen LogP contribution in [0.4, 0.5) is 10.1 Å². The average Bonchev–Trinajstić information content (AvgIpc) is 2.52. The molecule has 0 saturated carbocycles. The first-order valence-electron chi connectivity index (χ1n) is 6.52. The van der Waals surface area contributed by atoms with Crippen molar-refractivity contribution in [1.29, 1.82) is 0 Å². The molecule has 0 fully saturated rings. The summed E-state index contributed by atoms with van der Waals surface area (Å²) in [4.78, 5) is 11.4. The lowest BCUT2D eigenvalue weighted by Crippen LogP contribution is -2.19. The third-order valence-electron chi connectivity index (χ3n) is 3.10. The largest absolute Gasteiger partial charge is 0.497 e. The van der Waals surface area contributed by atoms with Crippen LogP contribution in [0.5, 0.6) is 5.75 Å². The van der Waals surface area contributed by atoms with E-state index in [-0.39, 0.29) is 5.56 Å². The fourth-order valence-corrected chi connectivity index (χ4v) is 1.89. The number of hydrogen-bond acceptors (Lipinski definition) is 3. The number of halogens is 1. The Kier molecular flexibility index (Phi) is 4.77. The minimum Gasteiger partial charge on any atom is -0.497 e. The number of rotatable bonds is 5. The van der Waals surface area contributed by atoms with Crippen LogP contribution >= 0.6 is 0 Å². The van der Waals surface area contributed by atoms with E-state index in [0.717, 1.165) is 11.3 Å². The van der Waals surface area contributed by atoms with Gasteiger partial charge in [-0.15, -0.1) is 0 Å². The maximum Gasteiger partial charge on any atom is 0.253 e. The Labute approximate surface area is 122 Å². The van der Waals surface area contributed by atoms with Crippen molar-refractivity contribution < 1.29 is 13.9 Å². The molecule has 2 rings (SSSR count). The molecule has 0 unspecified atom stereocenters. The number of nitrogens with one attached hydrogen (secondary N) is 2. The van der Waals surface area contributed by atoms with Gasteiger partial charge in [-0.1, -0.05) is 12.1 Å². The molecule has 1 amide bonds. The molecule has 0 bridgehead atoms. The van der Waals surface area contributed by atoms with Gasteiger partial charge in [-0.2, -0.15) is 0 Å². The highest BCUT2D eigenvalue weighted by Crippen LogP contribution is 2.17. The molecule has 2 N–H and O–H groups in total. The summed E-state index contributed by atoms with van der Waals surface area (Å²) in [6, 6.07) is 12.1. The van der Waals surface area contributed by atoms with E-state index in [0.29, 0.717) is 12.2 Å². The van der Waals surface area contributed by atoms with Crippen molar-refractivity contribution >= 4 is 11.6 Å². The SMILES string of the molecule is CNC(=O)c1ccc(NCc2ccc(OC)cc2)cc1F. The van der Waals surface area contributed by atoms with Crippen molar-refractivity contribution in [3.63, 3.8) is 0 Å². The number of carbonyl (C=O) groups excluding carboxylic acids is 1. The molecule has 0 radical (unpaired) electrons. The van der Waals surface area contributed by atoms with Crippen LogP contribution in [0.15, 0.2) is 42.5 Å². The van der Waals surface area contributed by atoms with E-state index >= 15 is 0 Å². The van der Waals surface area contributed by atoms with Crippen LogP contribution in [0.2, 0.25) is 0 Å². The van der Waals surface area contributed by atoms with Crippen LogP contribution in [0, 0.1) is 5.82 Å². The molecular weight excluding hydrogens is 271 g/mol. The summed E-state index contributed by atoms with van der Waals surface area (Å²) in [5, 5.41) is 5.51. The monoisotopic (exact) mass is 288 g/mol. The van der Waals surface area contributed by atoms with Crippen LogP contribution in [0.3, 0.4) is 0 Å². The first-order chi connectivity index (χ1) is 10.1. The molecule has 0 saturated heterocycles. The fraction of sp³-hybridized carbons (Fsp3) is 0.188. The second kappa shape index (κ2) is 6.74. The van der Waals surface area contributed by atoms with Gasteiger partial charge in [0.1, 0.15) is 11.6 Å². The lowest BCUT2D eigenvalue weighted by molar-refractivity contribution is 0.0959. The number of methoxy groups -OCH3 is 1. The van der Waals surface area contributed by atoms with Crippen LogP contribution in [0.1, 0.15) is 15.9 Å². The van der Waals surface area contributed by atoms with E-state index < -0.39 is 11.7 Å². The third kappa shape index (κ3) is 3.72. The maximum atomic E-state index is 13.8. The van der Waals surface area contributed by atoms with Gasteiger partial charge in [0.25, 0.3) is 5.91 Å². The second-order valence-corrected chi connectivity index (χ2v) is 4.48. The van der Waals surface area contributed by atoms with Crippen LogP contribution < -0.4 is 15.4 Å². The Hall–Kier alpha value is -2.56. The molecule has 0 aliphatic rings. The molecule has 0 aliphatic carbocycles. The van der Waals surface area contributed by atoms with Gasteiger partial charge in [0.2, 0.25) is 0 Å². The van der Waals surface area contributed by atoms with Gasteiger partial charge in [-0.05, 0) is 35.9 Å². The van der Waals surface area contributed by atoms with Gasteiger partial charge >= 0.3 is 0 Å². The van der Waals surface area contributed by atoms with Gasteiger partial charge < -0.3 is 15.4 Å². The van der Waals surface area contributed by atoms with Crippen molar-refractivity contribution in [2.45, 2.75) is 6.54 Å². The Bertz CT molecular complexity index is 627. The van der Waals surface area contributed by atoms with Crippen LogP contribution in [-0.2, 0) is 6.54 Å². The maximum absolute atomic E-state index is 13.8. The first kappa shape index (κ1) is 14.8. The zero-order chi connectivity index (χ0) is 15.2. The quantitative estimate of drug-likeness (QED) is 0.889. The topological polar surface area (TPSA) is 50.4 Å². The Morgan fingerprint density at radius 2 is 1.90 bits per heavy atom. The highest BCUT2D eigenvalue weighted by molar-refractivity contribution is 5.94. The standard InChI is InChI=1S/C16H17FN2O2/c1-18-16(20)14-8-5-12(9-15(14)17)19-10-11-3-6-13(21-2)7-4-11/h3-9,19H,10H2,1-2H3,(H,18,20). The van der Waals surface area contributed by atoms with Crippen LogP contribution in [0.25, 0.3) is 0 Å². The number of amides is 1. The van der Waals surface area contributed by atoms with Crippen molar-refractivity contribution in [1.82, 2.24) is 5.32 Å². The summed E-state index contributed by atoms with van der Waals surface area (Å²) in [6.07, 6.45) is 0. The number of carbonyl (C=O) groups is 1. The number of benzene rings is 2. The zero-order valence-electron chi connectivity index (χ0n) is 11.9. The second-order valence-electron chi connectivity index (χ2n) is 4.48. The Balaban J connectivity index is 2.03. The lowest BCUT2D eigenvalue weighted by Gasteiger charge is -2.09. The van der Waals surface area contributed by atoms with E-state index in [1.54, 1.807) is 13.2 Å². The van der Waals surface area contributed by atoms with Gasteiger partial charge in [0.15, 0.2) is 0 Å². The van der Waals surface area contributed by atoms with Crippen molar-refractivity contribution in [2.75, 3.05) is 19.5 Å². The van der Waals surface area contributed by atoms with Gasteiger partial charge in [-0.3, -0.25) is 4.79 Å². The molecule has 2 aromatic rings. The van der Waals surface area contributed by atoms with Crippen LogP contribution in [-0.4, -0.2) is 20.1 Å². The van der Waals surface area contributed by atoms with E-state index in [1.165, 1.54) is 19.2 Å². The van der Waals surface area contributed by atoms with E-state index in [9.17, 15) is 9.18 Å². The molecule has 0 aliphatic heterocycles. The molecule has 0 atom stereocenters. The molecule has 4 nitrogen and oxygen atoms in total. The molecule has 21 heavy (non-hydrogen) atoms. The summed E-state index contributed by atoms with van der Waals surface area (Å²) in [6.45, 7) is 0.558. The lowest BCUT2D eigenvalue weighted by atomic mass is 10.1. The summed E-state index contributed by atoms with van der Waals surface area (Å²) >= 11 is 0. The predicted molar refractivity (Wildman–Crippen MR) is 80.1 cm³/mol. The number of anilines is 1. The van der Waals surface area contributed by atoms with Crippen molar-refractivity contribution in [3.05, 3.63) is 59.4 Å². The number of ether oxygens (including phenoxy) is 1. The summed E-state index contributed by atoms with van der Waals surface area (Å²) < 4.78 is 18.9. The highest BCUT2D eigenvalue weighted by atomic mass is 19.1. The van der Waals surface area contributed by atoms with Crippen molar-refractivity contribution in [3.8, 4) is 5.75 Å². The number of hydrogen-bond donors (Lipinski definition) is 2. The normalized spacial score (nSPS) is 10.0. The molecule has 2 aromatic carbocycles. The smallest absolute Gasteiger partial charge is 0.253 e. The van der Waals surface area contributed by atoms with Gasteiger partial charge in [0.05, 0.1) is 12.7 Å². The first-order valence-corrected chi connectivity index (χ1v) is 6.52. The van der Waals surface area contributed by atoms with E-state index in [4.69, 9.17) is 4.74 Å². The predicted octanol–water partition coefficient (Wildman–Crippen LogP) is 2.81. The molecule has 5 heteroatoms. The summed E-state index contributed by atoms with van der Waals surface area (Å²) in [5.74, 6) is -0.192. The molecule has 0 heterocycles. The minimum atomic E-state index is -0.547. The Morgan fingerprint density at radius 1 is 1.19 bits per heavy atom. The zero-order valence-corrected chi connectivity index (χ0v) is 11.9.